The third-order valence-electron chi connectivity index (χ3n) is 10.2. The van der Waals surface area contributed by atoms with Gasteiger partial charge in [-0.25, -0.2) is 0 Å². The maximum Gasteiger partial charge on any atom is 0.255 e. The van der Waals surface area contributed by atoms with Crippen molar-refractivity contribution in [3.8, 4) is 0 Å². The average Bonchev–Trinajstić information content (AvgIpc) is 3.04. The van der Waals surface area contributed by atoms with Crippen LogP contribution in [0.5, 0.6) is 0 Å². The largest absolute Gasteiger partial charge is 0.322 e. The van der Waals surface area contributed by atoms with Crippen LogP contribution in [0.4, 0.5) is 5.69 Å². The third-order valence-corrected chi connectivity index (χ3v) is 10.6. The number of Topliss-reactive ketones (excluding diaryl/α,β-unsaturated/α-hetero) is 1. The molecule has 0 bridgehead atoms. The summed E-state index contributed by atoms with van der Waals surface area (Å²) in [7, 11) is 2.21. The van der Waals surface area contributed by atoms with E-state index in [9.17, 15) is 9.59 Å². The van der Waals surface area contributed by atoms with Gasteiger partial charge in [-0.1, -0.05) is 60.1 Å². The molecule has 3 aliphatic rings. The number of rotatable bonds is 5. The van der Waals surface area contributed by atoms with Gasteiger partial charge < -0.3 is 10.2 Å². The van der Waals surface area contributed by atoms with E-state index in [0.29, 0.717) is 22.7 Å². The van der Waals surface area contributed by atoms with Crippen LogP contribution in [0.15, 0.2) is 72.8 Å². The van der Waals surface area contributed by atoms with Crippen molar-refractivity contribution in [1.29, 1.82) is 0 Å². The second kappa shape index (κ2) is 12.1. The van der Waals surface area contributed by atoms with E-state index in [-0.39, 0.29) is 17.6 Å². The Kier molecular flexibility index (Phi) is 7.97. The summed E-state index contributed by atoms with van der Waals surface area (Å²) in [6.45, 7) is 6.09. The van der Waals surface area contributed by atoms with E-state index in [1.54, 1.807) is 0 Å². The second-order valence-corrected chi connectivity index (χ2v) is 13.5. The summed E-state index contributed by atoms with van der Waals surface area (Å²) in [5.41, 5.74) is 7.47. The van der Waals surface area contributed by atoms with E-state index < -0.39 is 0 Å². The number of aryl methyl sites for hydroxylation is 2. The van der Waals surface area contributed by atoms with Crippen molar-refractivity contribution in [2.75, 3.05) is 25.5 Å². The van der Waals surface area contributed by atoms with Gasteiger partial charge >= 0.3 is 0 Å². The molecule has 0 aromatic heterocycles. The minimum Gasteiger partial charge on any atom is -0.322 e. The lowest BCUT2D eigenvalue weighted by atomic mass is 9.73. The fraction of sp³-hybridized carbons (Fsp3) is 0.300. The molecule has 1 amide bonds. The molecular weight excluding hydrogens is 576 g/mol. The molecule has 5 heteroatoms. The Balaban J connectivity index is 1.31. The van der Waals surface area contributed by atoms with Gasteiger partial charge in [0.25, 0.3) is 5.91 Å². The van der Waals surface area contributed by atoms with Crippen molar-refractivity contribution in [1.82, 2.24) is 4.90 Å². The lowest BCUT2D eigenvalue weighted by Crippen LogP contribution is -2.35. The average molecular weight is 615 g/mol. The Labute approximate surface area is 269 Å². The number of benzene rings is 4. The van der Waals surface area contributed by atoms with Crippen LogP contribution in [0, 0.1) is 30.2 Å². The van der Waals surface area contributed by atoms with Crippen LogP contribution >= 0.6 is 11.6 Å². The minimum atomic E-state index is -0.147. The maximum absolute atomic E-state index is 14.3. The van der Waals surface area contributed by atoms with Crippen LogP contribution in [0.1, 0.15) is 74.6 Å². The molecule has 4 nitrogen and oxygen atoms in total. The molecule has 1 atom stereocenters. The number of fused-ring (bicyclic) bond motifs is 4. The summed E-state index contributed by atoms with van der Waals surface area (Å²) >= 11 is 6.79. The summed E-state index contributed by atoms with van der Waals surface area (Å²) < 4.78 is 0. The molecule has 1 aliphatic heterocycles. The van der Waals surface area contributed by atoms with E-state index >= 15 is 0 Å². The highest BCUT2D eigenvalue weighted by atomic mass is 35.5. The van der Waals surface area contributed by atoms with Crippen LogP contribution in [0.25, 0.3) is 11.6 Å². The van der Waals surface area contributed by atoms with Crippen molar-refractivity contribution in [3.63, 3.8) is 0 Å². The lowest BCUT2D eigenvalue weighted by Gasteiger charge is -2.36. The van der Waals surface area contributed by atoms with Gasteiger partial charge in [0.1, 0.15) is 0 Å². The highest BCUT2D eigenvalue weighted by molar-refractivity contribution is 6.30. The molecule has 4 aromatic rings. The summed E-state index contributed by atoms with van der Waals surface area (Å²) in [5, 5.41) is 8.55. The predicted molar refractivity (Wildman–Crippen MR) is 183 cm³/mol. The standard InChI is InChI=1S/C40H39ClN2O2/c1-24-8-4-5-9-29(24)40(45)42-27-14-15-28(25(2)22-27)39(44)34-12-6-11-32-31(34)16-17-33-30-10-7-13-37(41)36(30)23-35(38(32)33)26-18-20-43(3)21-19-26/h4-5,7-10,13-17,22-23,26,35H,6,11-12,18-21H2,1-3H3,(H,42,45). The van der Waals surface area contributed by atoms with E-state index in [2.05, 4.69) is 41.5 Å². The first kappa shape index (κ1) is 29.7. The van der Waals surface area contributed by atoms with Crippen LogP contribution in [-0.4, -0.2) is 36.7 Å². The molecular formula is C40H39ClN2O2. The van der Waals surface area contributed by atoms with Crippen LogP contribution < -0.4 is 15.8 Å². The van der Waals surface area contributed by atoms with Crippen LogP contribution in [0.3, 0.4) is 0 Å². The number of hydrogen-bond donors (Lipinski definition) is 1. The number of carbonyl (C=O) groups excluding carboxylic acids is 2. The third kappa shape index (κ3) is 5.45. The number of halogens is 1. The number of amides is 1. The van der Waals surface area contributed by atoms with Crippen LogP contribution in [-0.2, 0) is 6.42 Å². The zero-order chi connectivity index (χ0) is 31.2. The second-order valence-electron chi connectivity index (χ2n) is 13.0. The zero-order valence-corrected chi connectivity index (χ0v) is 27.0. The van der Waals surface area contributed by atoms with Crippen molar-refractivity contribution < 1.29 is 9.59 Å². The molecule has 228 valence electrons. The molecule has 1 fully saturated rings. The fourth-order valence-corrected chi connectivity index (χ4v) is 8.03. The monoisotopic (exact) mass is 614 g/mol. The summed E-state index contributed by atoms with van der Waals surface area (Å²) in [5.74, 6) is 0.764. The SMILES string of the molecule is Cc1ccccc1C(=O)Nc1ccc(C(=O)C2=c3ccc4c(c3CCC2)C(C2CCN(C)CC2)C=c2c(Cl)cccc2=4)c(C)c1. The van der Waals surface area contributed by atoms with Crippen molar-refractivity contribution in [2.24, 2.45) is 5.92 Å². The molecule has 7 rings (SSSR count). The number of carbonyl (C=O) groups is 2. The fourth-order valence-electron chi connectivity index (χ4n) is 7.79. The van der Waals surface area contributed by atoms with Crippen molar-refractivity contribution in [3.05, 3.63) is 132 Å². The number of likely N-dealkylation sites (tertiary alicyclic amines) is 1. The van der Waals surface area contributed by atoms with Crippen molar-refractivity contribution in [2.45, 2.75) is 51.9 Å². The maximum atomic E-state index is 14.3. The first-order chi connectivity index (χ1) is 21.8. The van der Waals surface area contributed by atoms with Gasteiger partial charge in [-0.3, -0.25) is 9.59 Å². The summed E-state index contributed by atoms with van der Waals surface area (Å²) in [6, 6.07) is 23.8. The Morgan fingerprint density at radius 1 is 0.822 bits per heavy atom. The number of nitrogens with one attached hydrogen (secondary N) is 1. The molecule has 2 aliphatic carbocycles. The lowest BCUT2D eigenvalue weighted by molar-refractivity contribution is 0.102. The van der Waals surface area contributed by atoms with E-state index in [1.807, 2.05) is 68.4 Å². The first-order valence-electron chi connectivity index (χ1n) is 16.2. The van der Waals surface area contributed by atoms with Gasteiger partial charge in [0.15, 0.2) is 5.78 Å². The molecule has 45 heavy (non-hydrogen) atoms. The molecule has 1 heterocycles. The van der Waals surface area contributed by atoms with Crippen molar-refractivity contribution >= 4 is 40.6 Å². The van der Waals surface area contributed by atoms with Gasteiger partial charge in [0.05, 0.1) is 0 Å². The summed E-state index contributed by atoms with van der Waals surface area (Å²) in [4.78, 5) is 29.6. The number of hydrogen-bond acceptors (Lipinski definition) is 3. The zero-order valence-electron chi connectivity index (χ0n) is 26.3. The van der Waals surface area contributed by atoms with Crippen LogP contribution in [0.2, 0.25) is 5.02 Å². The highest BCUT2D eigenvalue weighted by Crippen LogP contribution is 2.38. The van der Waals surface area contributed by atoms with Gasteiger partial charge in [-0.2, -0.15) is 0 Å². The normalized spacial score (nSPS) is 18.0. The smallest absolute Gasteiger partial charge is 0.255 e. The highest BCUT2D eigenvalue weighted by Gasteiger charge is 2.31. The first-order valence-corrected chi connectivity index (χ1v) is 16.5. The Bertz CT molecular complexity index is 2070. The topological polar surface area (TPSA) is 49.4 Å². The molecule has 0 spiro atoms. The number of anilines is 1. The summed E-state index contributed by atoms with van der Waals surface area (Å²) in [6.07, 6.45) is 7.44. The van der Waals surface area contributed by atoms with Gasteiger partial charge in [-0.15, -0.1) is 0 Å². The number of ketones is 1. The Hall–Kier alpha value is -3.99. The molecule has 1 unspecified atom stereocenters. The number of piperidine rings is 1. The van der Waals surface area contributed by atoms with Gasteiger partial charge in [0, 0.05) is 33.3 Å². The minimum absolute atomic E-state index is 0.0873. The Morgan fingerprint density at radius 3 is 2.38 bits per heavy atom. The number of nitrogens with zero attached hydrogens (tertiary/aromatic N) is 1. The molecule has 1 N–H and O–H groups in total. The molecule has 4 aromatic carbocycles. The Morgan fingerprint density at radius 2 is 1.60 bits per heavy atom. The van der Waals surface area contributed by atoms with E-state index in [4.69, 9.17) is 11.6 Å². The van der Waals surface area contributed by atoms with Gasteiger partial charge in [0.2, 0.25) is 0 Å². The predicted octanol–water partition coefficient (Wildman–Crippen LogP) is 7.09. The van der Waals surface area contributed by atoms with E-state index in [1.165, 1.54) is 21.6 Å². The molecule has 0 saturated carbocycles. The molecule has 0 radical (unpaired) electrons. The molecule has 1 saturated heterocycles. The van der Waals surface area contributed by atoms with E-state index in [0.717, 1.165) is 77.4 Å². The quantitative estimate of drug-likeness (QED) is 0.244. The van der Waals surface area contributed by atoms with Gasteiger partial charge in [-0.05, 0) is 145 Å².